The van der Waals surface area contributed by atoms with Crippen LogP contribution in [-0.2, 0) is 9.53 Å². The third-order valence-corrected chi connectivity index (χ3v) is 3.78. The van der Waals surface area contributed by atoms with Crippen molar-refractivity contribution in [1.29, 1.82) is 0 Å². The molecule has 0 bridgehead atoms. The molecule has 1 aliphatic heterocycles. The lowest BCUT2D eigenvalue weighted by Gasteiger charge is -2.34. The quantitative estimate of drug-likeness (QED) is 0.839. The lowest BCUT2D eigenvalue weighted by molar-refractivity contribution is -0.128. The van der Waals surface area contributed by atoms with Gasteiger partial charge in [0.1, 0.15) is 5.60 Å². The molecule has 1 heterocycles. The van der Waals surface area contributed by atoms with Gasteiger partial charge in [-0.3, -0.25) is 4.79 Å². The molecule has 1 N–H and O–H groups in total. The van der Waals surface area contributed by atoms with Crippen LogP contribution in [0.1, 0.15) is 40.5 Å². The number of rotatable bonds is 5. The Kier molecular flexibility index (Phi) is 7.13. The molecule has 128 valence electrons. The van der Waals surface area contributed by atoms with E-state index in [2.05, 4.69) is 5.32 Å². The number of hydrogen-bond donors (Lipinski definition) is 1. The average Bonchev–Trinajstić information content (AvgIpc) is 2.44. The molecule has 0 aliphatic carbocycles. The summed E-state index contributed by atoms with van der Waals surface area (Å²) in [5.74, 6) is 0.475. The molecule has 1 saturated heterocycles. The second-order valence-corrected chi connectivity index (χ2v) is 6.97. The molecule has 1 aliphatic rings. The van der Waals surface area contributed by atoms with E-state index in [1.165, 1.54) is 0 Å². The van der Waals surface area contributed by atoms with E-state index in [9.17, 15) is 9.59 Å². The fourth-order valence-electron chi connectivity index (χ4n) is 2.42. The first-order valence-corrected chi connectivity index (χ1v) is 8.15. The Hall–Kier alpha value is -1.30. The molecule has 1 atom stereocenters. The van der Waals surface area contributed by atoms with Crippen molar-refractivity contribution in [2.24, 2.45) is 5.92 Å². The van der Waals surface area contributed by atoms with E-state index in [0.29, 0.717) is 19.0 Å². The van der Waals surface area contributed by atoms with Crippen molar-refractivity contribution in [1.82, 2.24) is 15.1 Å². The SMILES string of the molecule is CCN(C)C(=O)CNCC1CCCN(C(=O)OC(C)(C)C)C1. The Morgan fingerprint density at radius 3 is 2.64 bits per heavy atom. The van der Waals surface area contributed by atoms with Crippen molar-refractivity contribution in [3.63, 3.8) is 0 Å². The van der Waals surface area contributed by atoms with Crippen molar-refractivity contribution >= 4 is 12.0 Å². The molecule has 0 aromatic rings. The minimum atomic E-state index is -0.459. The molecular weight excluding hydrogens is 282 g/mol. The maximum atomic E-state index is 12.1. The third-order valence-electron chi connectivity index (χ3n) is 3.78. The van der Waals surface area contributed by atoms with Gasteiger partial charge in [0.25, 0.3) is 0 Å². The molecule has 1 unspecified atom stereocenters. The molecule has 0 spiro atoms. The Balaban J connectivity index is 2.34. The predicted molar refractivity (Wildman–Crippen MR) is 86.7 cm³/mol. The van der Waals surface area contributed by atoms with Crippen LogP contribution in [0.2, 0.25) is 0 Å². The highest BCUT2D eigenvalue weighted by Crippen LogP contribution is 2.18. The van der Waals surface area contributed by atoms with Crippen LogP contribution >= 0.6 is 0 Å². The van der Waals surface area contributed by atoms with E-state index in [-0.39, 0.29) is 12.0 Å². The lowest BCUT2D eigenvalue weighted by atomic mass is 9.98. The van der Waals surface area contributed by atoms with Crippen LogP contribution in [0.25, 0.3) is 0 Å². The number of likely N-dealkylation sites (N-methyl/N-ethyl adjacent to an activating group) is 1. The van der Waals surface area contributed by atoms with Gasteiger partial charge < -0.3 is 19.9 Å². The van der Waals surface area contributed by atoms with Gasteiger partial charge in [0, 0.05) is 33.2 Å². The lowest BCUT2D eigenvalue weighted by Crippen LogP contribution is -2.46. The Morgan fingerprint density at radius 2 is 2.05 bits per heavy atom. The van der Waals surface area contributed by atoms with Gasteiger partial charge in [0.2, 0.25) is 5.91 Å². The van der Waals surface area contributed by atoms with E-state index in [1.807, 2.05) is 27.7 Å². The number of ether oxygens (including phenoxy) is 1. The molecule has 0 saturated carbocycles. The second kappa shape index (κ2) is 8.36. The third kappa shape index (κ3) is 6.64. The number of carbonyl (C=O) groups is 2. The van der Waals surface area contributed by atoms with Gasteiger partial charge >= 0.3 is 6.09 Å². The molecule has 0 aromatic carbocycles. The molecule has 0 radical (unpaired) electrons. The predicted octanol–water partition coefficient (Wildman–Crippen LogP) is 1.70. The number of amides is 2. The number of nitrogens with zero attached hydrogens (tertiary/aromatic N) is 2. The zero-order valence-corrected chi connectivity index (χ0v) is 14.6. The van der Waals surface area contributed by atoms with Crippen LogP contribution in [0, 0.1) is 5.92 Å². The van der Waals surface area contributed by atoms with Crippen LogP contribution in [0.4, 0.5) is 4.79 Å². The monoisotopic (exact) mass is 313 g/mol. The number of nitrogens with one attached hydrogen (secondary N) is 1. The van der Waals surface area contributed by atoms with E-state index in [0.717, 1.165) is 32.5 Å². The van der Waals surface area contributed by atoms with Crippen molar-refractivity contribution in [2.45, 2.75) is 46.1 Å². The molecular formula is C16H31N3O3. The molecule has 1 rings (SSSR count). The zero-order valence-electron chi connectivity index (χ0n) is 14.6. The van der Waals surface area contributed by atoms with Crippen LogP contribution in [-0.4, -0.2) is 67.2 Å². The summed E-state index contributed by atoms with van der Waals surface area (Å²) in [7, 11) is 1.80. The first-order chi connectivity index (χ1) is 10.2. The highest BCUT2D eigenvalue weighted by molar-refractivity contribution is 5.77. The Labute approximate surface area is 134 Å². The van der Waals surface area contributed by atoms with E-state index in [1.54, 1.807) is 16.8 Å². The summed E-state index contributed by atoms with van der Waals surface area (Å²) in [6, 6.07) is 0. The highest BCUT2D eigenvalue weighted by atomic mass is 16.6. The van der Waals surface area contributed by atoms with E-state index < -0.39 is 5.60 Å². The fourth-order valence-corrected chi connectivity index (χ4v) is 2.42. The maximum absolute atomic E-state index is 12.1. The topological polar surface area (TPSA) is 61.9 Å². The minimum Gasteiger partial charge on any atom is -0.444 e. The van der Waals surface area contributed by atoms with Crippen molar-refractivity contribution < 1.29 is 14.3 Å². The Bertz CT molecular complexity index is 379. The summed E-state index contributed by atoms with van der Waals surface area (Å²) in [6.45, 7) is 10.9. The number of likely N-dealkylation sites (tertiary alicyclic amines) is 1. The Morgan fingerprint density at radius 1 is 1.36 bits per heavy atom. The summed E-state index contributed by atoms with van der Waals surface area (Å²) in [4.78, 5) is 27.3. The van der Waals surface area contributed by atoms with Gasteiger partial charge in [-0.15, -0.1) is 0 Å². The number of carbonyl (C=O) groups excluding carboxylic acids is 2. The number of hydrogen-bond acceptors (Lipinski definition) is 4. The summed E-state index contributed by atoms with van der Waals surface area (Å²) in [5.41, 5.74) is -0.459. The maximum Gasteiger partial charge on any atom is 0.410 e. The molecule has 6 heteroatoms. The number of piperidine rings is 1. The van der Waals surface area contributed by atoms with Gasteiger partial charge in [-0.2, -0.15) is 0 Å². The van der Waals surface area contributed by atoms with Gasteiger partial charge in [-0.1, -0.05) is 0 Å². The molecule has 0 aromatic heterocycles. The standard InChI is InChI=1S/C16H31N3O3/c1-6-18(5)14(20)11-17-10-13-8-7-9-19(12-13)15(21)22-16(2,3)4/h13,17H,6-12H2,1-5H3. The molecule has 22 heavy (non-hydrogen) atoms. The normalized spacial score (nSPS) is 19.0. The summed E-state index contributed by atoms with van der Waals surface area (Å²) < 4.78 is 5.42. The first-order valence-electron chi connectivity index (χ1n) is 8.15. The van der Waals surface area contributed by atoms with Crippen LogP contribution in [0.3, 0.4) is 0 Å². The molecule has 6 nitrogen and oxygen atoms in total. The largest absolute Gasteiger partial charge is 0.444 e. The van der Waals surface area contributed by atoms with Crippen molar-refractivity contribution in [2.75, 3.05) is 39.8 Å². The van der Waals surface area contributed by atoms with Crippen LogP contribution in [0.5, 0.6) is 0 Å². The first kappa shape index (κ1) is 18.7. The van der Waals surface area contributed by atoms with Gasteiger partial charge in [0.15, 0.2) is 0 Å². The van der Waals surface area contributed by atoms with Gasteiger partial charge in [-0.05, 0) is 46.5 Å². The van der Waals surface area contributed by atoms with Gasteiger partial charge in [-0.25, -0.2) is 4.79 Å². The van der Waals surface area contributed by atoms with Crippen LogP contribution in [0.15, 0.2) is 0 Å². The molecule has 2 amide bonds. The zero-order chi connectivity index (χ0) is 16.8. The van der Waals surface area contributed by atoms with Crippen molar-refractivity contribution in [3.8, 4) is 0 Å². The van der Waals surface area contributed by atoms with Crippen molar-refractivity contribution in [3.05, 3.63) is 0 Å². The fraction of sp³-hybridized carbons (Fsp3) is 0.875. The second-order valence-electron chi connectivity index (χ2n) is 6.97. The summed E-state index contributed by atoms with van der Waals surface area (Å²) >= 11 is 0. The summed E-state index contributed by atoms with van der Waals surface area (Å²) in [5, 5.41) is 3.21. The summed E-state index contributed by atoms with van der Waals surface area (Å²) in [6.07, 6.45) is 1.82. The van der Waals surface area contributed by atoms with E-state index in [4.69, 9.17) is 4.74 Å². The molecule has 1 fully saturated rings. The van der Waals surface area contributed by atoms with Crippen LogP contribution < -0.4 is 5.32 Å². The smallest absolute Gasteiger partial charge is 0.410 e. The van der Waals surface area contributed by atoms with Gasteiger partial charge in [0.05, 0.1) is 6.54 Å². The average molecular weight is 313 g/mol. The van der Waals surface area contributed by atoms with E-state index >= 15 is 0 Å². The highest BCUT2D eigenvalue weighted by Gasteiger charge is 2.27. The minimum absolute atomic E-state index is 0.0994.